The van der Waals surface area contributed by atoms with E-state index in [9.17, 15) is 19.2 Å². The monoisotopic (exact) mass is 290 g/mol. The Morgan fingerprint density at radius 1 is 1.24 bits per heavy atom. The number of hydrogen-bond donors (Lipinski definition) is 1. The van der Waals surface area contributed by atoms with E-state index in [4.69, 9.17) is 4.84 Å². The molecule has 3 amide bonds. The number of hydrogen-bond acceptors (Lipinski definition) is 5. The second-order valence-corrected chi connectivity index (χ2v) is 4.60. The zero-order chi connectivity index (χ0) is 15.4. The lowest BCUT2D eigenvalue weighted by atomic mass is 10.1. The Balaban J connectivity index is 1.98. The third-order valence-corrected chi connectivity index (χ3v) is 2.79. The molecule has 0 atom stereocenters. The minimum atomic E-state index is -0.710. The molecule has 7 heteroatoms. The van der Waals surface area contributed by atoms with Crippen LogP contribution in [-0.2, 0) is 30.4 Å². The number of nitrogens with zero attached hydrogens (tertiary/aromatic N) is 1. The zero-order valence-corrected chi connectivity index (χ0v) is 11.4. The third-order valence-electron chi connectivity index (χ3n) is 2.79. The Morgan fingerprint density at radius 2 is 1.90 bits per heavy atom. The smallest absolute Gasteiger partial charge is 0.330 e. The van der Waals surface area contributed by atoms with E-state index in [1.165, 1.54) is 6.92 Å². The number of rotatable bonds is 4. The van der Waals surface area contributed by atoms with Gasteiger partial charge in [-0.05, 0) is 17.7 Å². The summed E-state index contributed by atoms with van der Waals surface area (Å²) < 4.78 is 0. The SMILES string of the molecule is CC(=O)Nc1cccc(CC(=O)ON2C(=O)CCC2=O)c1. The fourth-order valence-corrected chi connectivity index (χ4v) is 1.92. The van der Waals surface area contributed by atoms with E-state index in [0.717, 1.165) is 0 Å². The first-order valence-electron chi connectivity index (χ1n) is 6.39. The third kappa shape index (κ3) is 3.88. The van der Waals surface area contributed by atoms with Crippen molar-refractivity contribution in [3.63, 3.8) is 0 Å². The van der Waals surface area contributed by atoms with Crippen molar-refractivity contribution in [2.24, 2.45) is 0 Å². The highest BCUT2D eigenvalue weighted by atomic mass is 16.7. The highest BCUT2D eigenvalue weighted by Gasteiger charge is 2.32. The molecule has 2 rings (SSSR count). The van der Waals surface area contributed by atoms with Crippen LogP contribution in [0.15, 0.2) is 24.3 Å². The molecule has 21 heavy (non-hydrogen) atoms. The van der Waals surface area contributed by atoms with Crippen LogP contribution in [-0.4, -0.2) is 28.8 Å². The fourth-order valence-electron chi connectivity index (χ4n) is 1.92. The number of benzene rings is 1. The van der Waals surface area contributed by atoms with E-state index in [-0.39, 0.29) is 25.2 Å². The van der Waals surface area contributed by atoms with E-state index in [1.807, 2.05) is 0 Å². The number of carbonyl (C=O) groups is 4. The lowest BCUT2D eigenvalue weighted by Gasteiger charge is -2.12. The van der Waals surface area contributed by atoms with Gasteiger partial charge in [0.2, 0.25) is 5.91 Å². The average molecular weight is 290 g/mol. The number of amides is 3. The summed E-state index contributed by atoms with van der Waals surface area (Å²) in [5, 5.41) is 3.11. The fraction of sp³-hybridized carbons (Fsp3) is 0.286. The molecule has 1 aromatic rings. The van der Waals surface area contributed by atoms with Crippen LogP contribution in [0.5, 0.6) is 0 Å². The highest BCUT2D eigenvalue weighted by molar-refractivity contribution is 6.01. The normalized spacial score (nSPS) is 14.2. The molecule has 1 N–H and O–H groups in total. The van der Waals surface area contributed by atoms with Gasteiger partial charge in [-0.3, -0.25) is 14.4 Å². The second-order valence-electron chi connectivity index (χ2n) is 4.60. The van der Waals surface area contributed by atoms with Gasteiger partial charge in [0, 0.05) is 25.5 Å². The first-order chi connectivity index (χ1) is 9.95. The molecule has 7 nitrogen and oxygen atoms in total. The van der Waals surface area contributed by atoms with Gasteiger partial charge in [-0.2, -0.15) is 0 Å². The minimum Gasteiger partial charge on any atom is -0.330 e. The lowest BCUT2D eigenvalue weighted by Crippen LogP contribution is -2.32. The van der Waals surface area contributed by atoms with Gasteiger partial charge >= 0.3 is 5.97 Å². The van der Waals surface area contributed by atoms with Crippen LogP contribution < -0.4 is 5.32 Å². The number of imide groups is 1. The standard InChI is InChI=1S/C14H14N2O5/c1-9(17)15-11-4-2-3-10(7-11)8-14(20)21-16-12(18)5-6-13(16)19/h2-4,7H,5-6,8H2,1H3,(H,15,17). The quantitative estimate of drug-likeness (QED) is 0.828. The predicted octanol–water partition coefficient (Wildman–Crippen LogP) is 0.795. The molecule has 110 valence electrons. The summed E-state index contributed by atoms with van der Waals surface area (Å²) in [6.45, 7) is 1.38. The maximum Gasteiger partial charge on any atom is 0.337 e. The summed E-state index contributed by atoms with van der Waals surface area (Å²) in [6.07, 6.45) is 0.0126. The van der Waals surface area contributed by atoms with Gasteiger partial charge in [0.25, 0.3) is 11.8 Å². The molecular weight excluding hydrogens is 276 g/mol. The molecule has 1 saturated heterocycles. The van der Waals surface area contributed by atoms with E-state index < -0.39 is 17.8 Å². The average Bonchev–Trinajstić information content (AvgIpc) is 2.70. The van der Waals surface area contributed by atoms with Crippen molar-refractivity contribution in [1.82, 2.24) is 5.06 Å². The van der Waals surface area contributed by atoms with Crippen LogP contribution in [0.4, 0.5) is 5.69 Å². The van der Waals surface area contributed by atoms with Gasteiger partial charge in [-0.15, -0.1) is 5.06 Å². The van der Waals surface area contributed by atoms with Gasteiger partial charge < -0.3 is 10.2 Å². The molecule has 1 aromatic carbocycles. The number of nitrogens with one attached hydrogen (secondary N) is 1. The van der Waals surface area contributed by atoms with Crippen molar-refractivity contribution in [2.75, 3.05) is 5.32 Å². The summed E-state index contributed by atoms with van der Waals surface area (Å²) in [4.78, 5) is 50.1. The van der Waals surface area contributed by atoms with Gasteiger partial charge in [-0.1, -0.05) is 12.1 Å². The van der Waals surface area contributed by atoms with Crippen molar-refractivity contribution in [2.45, 2.75) is 26.2 Å². The predicted molar refractivity (Wildman–Crippen MR) is 71.6 cm³/mol. The molecule has 0 aliphatic carbocycles. The molecule has 1 aliphatic heterocycles. The molecule has 0 unspecified atom stereocenters. The molecule has 1 aliphatic rings. The van der Waals surface area contributed by atoms with Crippen LogP contribution in [0.2, 0.25) is 0 Å². The first-order valence-corrected chi connectivity index (χ1v) is 6.39. The molecule has 0 spiro atoms. The van der Waals surface area contributed by atoms with Crippen molar-refractivity contribution in [3.05, 3.63) is 29.8 Å². The molecule has 0 saturated carbocycles. The van der Waals surface area contributed by atoms with Crippen LogP contribution in [0.3, 0.4) is 0 Å². The zero-order valence-electron chi connectivity index (χ0n) is 11.4. The van der Waals surface area contributed by atoms with E-state index in [0.29, 0.717) is 16.3 Å². The molecule has 0 bridgehead atoms. The Labute approximate surface area is 120 Å². The van der Waals surface area contributed by atoms with E-state index in [2.05, 4.69) is 5.32 Å². The van der Waals surface area contributed by atoms with E-state index in [1.54, 1.807) is 24.3 Å². The highest BCUT2D eigenvalue weighted by Crippen LogP contribution is 2.15. The number of carbonyl (C=O) groups excluding carboxylic acids is 4. The molecule has 1 fully saturated rings. The summed E-state index contributed by atoms with van der Waals surface area (Å²) in [5.74, 6) is -1.96. The Bertz CT molecular complexity index is 595. The van der Waals surface area contributed by atoms with Crippen LogP contribution in [0.25, 0.3) is 0 Å². The summed E-state index contributed by atoms with van der Waals surface area (Å²) in [7, 11) is 0. The van der Waals surface area contributed by atoms with Gasteiger partial charge in [-0.25, -0.2) is 4.79 Å². The van der Waals surface area contributed by atoms with Crippen LogP contribution >= 0.6 is 0 Å². The summed E-state index contributed by atoms with van der Waals surface area (Å²) in [5.41, 5.74) is 1.16. The second kappa shape index (κ2) is 6.17. The number of anilines is 1. The molecule has 0 radical (unpaired) electrons. The van der Waals surface area contributed by atoms with Crippen molar-refractivity contribution >= 4 is 29.4 Å². The maximum atomic E-state index is 11.7. The largest absolute Gasteiger partial charge is 0.337 e. The molecule has 1 heterocycles. The minimum absolute atomic E-state index is 0.0597. The number of hydroxylamine groups is 2. The van der Waals surface area contributed by atoms with Crippen LogP contribution in [0, 0.1) is 0 Å². The van der Waals surface area contributed by atoms with Crippen molar-refractivity contribution < 1.29 is 24.0 Å². The van der Waals surface area contributed by atoms with Gasteiger partial charge in [0.05, 0.1) is 6.42 Å². The van der Waals surface area contributed by atoms with Gasteiger partial charge in [0.15, 0.2) is 0 Å². The summed E-state index contributed by atoms with van der Waals surface area (Å²) >= 11 is 0. The lowest BCUT2D eigenvalue weighted by molar-refractivity contribution is -0.197. The van der Waals surface area contributed by atoms with Gasteiger partial charge in [0.1, 0.15) is 0 Å². The van der Waals surface area contributed by atoms with E-state index >= 15 is 0 Å². The Morgan fingerprint density at radius 3 is 2.52 bits per heavy atom. The Hall–Kier alpha value is -2.70. The molecule has 0 aromatic heterocycles. The maximum absolute atomic E-state index is 11.7. The summed E-state index contributed by atoms with van der Waals surface area (Å²) in [6, 6.07) is 6.67. The van der Waals surface area contributed by atoms with Crippen molar-refractivity contribution in [1.29, 1.82) is 0 Å². The Kier molecular flexibility index (Phi) is 4.32. The van der Waals surface area contributed by atoms with Crippen LogP contribution in [0.1, 0.15) is 25.3 Å². The first kappa shape index (κ1) is 14.7. The molecular formula is C14H14N2O5. The van der Waals surface area contributed by atoms with Crippen molar-refractivity contribution in [3.8, 4) is 0 Å². The topological polar surface area (TPSA) is 92.8 Å².